The first kappa shape index (κ1) is 17.2. The molecule has 0 saturated carbocycles. The average Bonchev–Trinajstić information content (AvgIpc) is 2.53. The number of benzene rings is 1. The van der Waals surface area contributed by atoms with Crippen molar-refractivity contribution in [2.75, 3.05) is 5.75 Å². The molecule has 3 nitrogen and oxygen atoms in total. The van der Waals surface area contributed by atoms with Crippen LogP contribution in [0.5, 0.6) is 0 Å². The molecule has 0 N–H and O–H groups in total. The smallest absolute Gasteiger partial charge is 0.275 e. The number of thioether (sulfide) groups is 1. The highest BCUT2D eigenvalue weighted by atomic mass is 32.2. The van der Waals surface area contributed by atoms with Gasteiger partial charge in [-0.25, -0.2) is 0 Å². The minimum absolute atomic E-state index is 0.000614. The van der Waals surface area contributed by atoms with Gasteiger partial charge in [0.25, 0.3) is 5.70 Å². The lowest BCUT2D eigenvalue weighted by Gasteiger charge is -2.11. The van der Waals surface area contributed by atoms with Crippen LogP contribution in [0.25, 0.3) is 5.70 Å². The molecule has 2 rings (SSSR count). The number of nitrogens with zero attached hydrogens (tertiary/aromatic N) is 2. The molecule has 1 heterocycles. The molecule has 0 atom stereocenters. The number of carbonyl (C=O) groups excluding carboxylic acids is 1. The van der Waals surface area contributed by atoms with Crippen molar-refractivity contribution in [2.24, 2.45) is 0 Å². The Labute approximate surface area is 146 Å². The van der Waals surface area contributed by atoms with Gasteiger partial charge in [-0.3, -0.25) is 4.79 Å². The first-order valence-electron chi connectivity index (χ1n) is 7.03. The van der Waals surface area contributed by atoms with Crippen molar-refractivity contribution in [3.05, 3.63) is 69.7 Å². The Balaban J connectivity index is 2.18. The highest BCUT2D eigenvalue weighted by Crippen LogP contribution is 2.20. The van der Waals surface area contributed by atoms with Crippen LogP contribution in [0.15, 0.2) is 53.0 Å². The largest absolute Gasteiger partial charge is 0.766 e. The van der Waals surface area contributed by atoms with Crippen molar-refractivity contribution < 1.29 is 9.36 Å². The Morgan fingerprint density at radius 3 is 2.39 bits per heavy atom. The number of hydrogen-bond acceptors (Lipinski definition) is 4. The van der Waals surface area contributed by atoms with Gasteiger partial charge >= 0.3 is 0 Å². The van der Waals surface area contributed by atoms with Gasteiger partial charge in [-0.05, 0) is 19.9 Å². The fraction of sp³-hybridized carbons (Fsp3) is 0.167. The van der Waals surface area contributed by atoms with Crippen LogP contribution in [-0.2, 0) is 12.6 Å². The summed E-state index contributed by atoms with van der Waals surface area (Å²) in [6.07, 6.45) is 3.72. The molecule has 0 spiro atoms. The van der Waals surface area contributed by atoms with E-state index < -0.39 is 0 Å². The van der Waals surface area contributed by atoms with Crippen molar-refractivity contribution in [3.63, 3.8) is 0 Å². The minimum Gasteiger partial charge on any atom is -0.766 e. The van der Waals surface area contributed by atoms with Crippen LogP contribution in [0.4, 0.5) is 0 Å². The highest BCUT2D eigenvalue weighted by Gasteiger charge is 2.13. The number of aryl methyl sites for hydroxylation is 2. The molecule has 5 heteroatoms. The monoisotopic (exact) mass is 340 g/mol. The van der Waals surface area contributed by atoms with Crippen LogP contribution >= 0.6 is 11.8 Å². The van der Waals surface area contributed by atoms with E-state index in [9.17, 15) is 10.1 Å². The summed E-state index contributed by atoms with van der Waals surface area (Å²) in [5.41, 5.74) is 3.12. The number of Topliss-reactive ketones (excluding diaryl/α,β-unsaturated/α-hetero) is 1. The predicted molar refractivity (Wildman–Crippen MR) is 95.5 cm³/mol. The molecule has 0 aliphatic carbocycles. The standard InChI is InChI=1S/C18H16N2OS2/c1-13-8-14(2)11-20(10-13)16(9-19)18(22)23-12-17(21)15-6-4-3-5-7-15/h3-8,10-11H,12H2,1-2H3. The lowest BCUT2D eigenvalue weighted by Crippen LogP contribution is -2.32. The Morgan fingerprint density at radius 1 is 1.22 bits per heavy atom. The van der Waals surface area contributed by atoms with E-state index in [-0.39, 0.29) is 11.5 Å². The molecule has 0 unspecified atom stereocenters. The minimum atomic E-state index is 0.000614. The van der Waals surface area contributed by atoms with E-state index in [1.54, 1.807) is 16.7 Å². The van der Waals surface area contributed by atoms with E-state index in [1.165, 1.54) is 11.8 Å². The fourth-order valence-electron chi connectivity index (χ4n) is 2.15. The third kappa shape index (κ3) is 4.65. The maximum Gasteiger partial charge on any atom is 0.275 e. The molecule has 1 aromatic carbocycles. The van der Waals surface area contributed by atoms with E-state index >= 15 is 0 Å². The van der Waals surface area contributed by atoms with E-state index in [4.69, 9.17) is 12.6 Å². The van der Waals surface area contributed by atoms with E-state index in [2.05, 4.69) is 6.07 Å². The van der Waals surface area contributed by atoms with Crippen LogP contribution in [0, 0.1) is 25.2 Å². The maximum atomic E-state index is 12.1. The second kappa shape index (κ2) is 7.91. The number of carbonyl (C=O) groups is 1. The first-order valence-corrected chi connectivity index (χ1v) is 8.43. The normalized spacial score (nSPS) is 11.5. The van der Waals surface area contributed by atoms with Gasteiger partial charge in [0.2, 0.25) is 0 Å². The van der Waals surface area contributed by atoms with Gasteiger partial charge < -0.3 is 12.6 Å². The van der Waals surface area contributed by atoms with Crippen LogP contribution in [0.3, 0.4) is 0 Å². The van der Waals surface area contributed by atoms with Crippen molar-refractivity contribution in [1.82, 2.24) is 0 Å². The van der Waals surface area contributed by atoms with E-state index in [1.807, 2.05) is 50.5 Å². The molecule has 0 bridgehead atoms. The molecular weight excluding hydrogens is 324 g/mol. The van der Waals surface area contributed by atoms with Crippen molar-refractivity contribution in [3.8, 4) is 6.07 Å². The van der Waals surface area contributed by atoms with Crippen LogP contribution in [0.2, 0.25) is 0 Å². The van der Waals surface area contributed by atoms with Crippen LogP contribution in [-0.4, -0.2) is 11.5 Å². The van der Waals surface area contributed by atoms with Crippen molar-refractivity contribution in [2.45, 2.75) is 13.8 Å². The molecule has 0 amide bonds. The zero-order valence-electron chi connectivity index (χ0n) is 12.9. The van der Waals surface area contributed by atoms with Crippen LogP contribution in [0.1, 0.15) is 21.5 Å². The van der Waals surface area contributed by atoms with Gasteiger partial charge in [-0.1, -0.05) is 34.6 Å². The predicted octanol–water partition coefficient (Wildman–Crippen LogP) is 3.40. The first-order chi connectivity index (χ1) is 11.0. The van der Waals surface area contributed by atoms with Gasteiger partial charge in [0.05, 0.1) is 5.75 Å². The van der Waals surface area contributed by atoms with Crippen molar-refractivity contribution in [1.29, 1.82) is 5.26 Å². The van der Waals surface area contributed by atoms with Gasteiger partial charge in [-0.15, -0.1) is 11.8 Å². The molecule has 116 valence electrons. The Bertz CT molecular complexity index is 772. The average molecular weight is 340 g/mol. The van der Waals surface area contributed by atoms with Crippen molar-refractivity contribution >= 4 is 35.9 Å². The summed E-state index contributed by atoms with van der Waals surface area (Å²) < 4.78 is 2.15. The Morgan fingerprint density at radius 2 is 1.83 bits per heavy atom. The summed E-state index contributed by atoms with van der Waals surface area (Å²) in [5, 5.41) is 9.42. The molecular formula is C18H16N2OS2. The lowest BCUT2D eigenvalue weighted by molar-refractivity contribution is -0.578. The molecule has 0 aliphatic heterocycles. The number of hydrogen-bond donors (Lipinski definition) is 0. The quantitative estimate of drug-likeness (QED) is 0.362. The zero-order valence-corrected chi connectivity index (χ0v) is 14.6. The summed E-state index contributed by atoms with van der Waals surface area (Å²) in [6.45, 7) is 3.93. The highest BCUT2D eigenvalue weighted by molar-refractivity contribution is 8.11. The molecule has 1 aromatic heterocycles. The number of allylic oxidation sites excluding steroid dienone is 1. The summed E-state index contributed by atoms with van der Waals surface area (Å²) in [6, 6.07) is 13.2. The molecule has 2 aromatic rings. The second-order valence-electron chi connectivity index (χ2n) is 5.12. The number of aromatic nitrogens is 1. The van der Waals surface area contributed by atoms with Crippen LogP contribution < -0.4 is 4.57 Å². The molecule has 23 heavy (non-hydrogen) atoms. The number of ketones is 1. The molecule has 0 fully saturated rings. The summed E-state index contributed by atoms with van der Waals surface area (Å²) in [4.78, 5) is 12.1. The van der Waals surface area contributed by atoms with Gasteiger partial charge in [0, 0.05) is 16.7 Å². The van der Waals surface area contributed by atoms with Gasteiger partial charge in [0.15, 0.2) is 24.2 Å². The SMILES string of the molecule is Cc1cc(C)c[n+](C(C#N)=C([S-])SCC(=O)c2ccccc2)c1. The third-order valence-corrected chi connectivity index (χ3v) is 4.54. The fourth-order valence-corrected chi connectivity index (χ4v) is 3.20. The summed E-state index contributed by atoms with van der Waals surface area (Å²) >= 11 is 6.56. The number of rotatable bonds is 5. The summed E-state index contributed by atoms with van der Waals surface area (Å²) in [5.74, 6) is 0.222. The molecule has 0 saturated heterocycles. The van der Waals surface area contributed by atoms with E-state index in [0.29, 0.717) is 15.5 Å². The maximum absolute atomic E-state index is 12.1. The number of pyridine rings is 1. The second-order valence-corrected chi connectivity index (χ2v) is 6.78. The topological polar surface area (TPSA) is 44.7 Å². The number of nitriles is 1. The molecule has 0 radical (unpaired) electrons. The third-order valence-electron chi connectivity index (χ3n) is 3.13. The van der Waals surface area contributed by atoms with E-state index in [0.717, 1.165) is 11.1 Å². The Hall–Kier alpha value is -2.16. The van der Waals surface area contributed by atoms with Gasteiger partial charge in [0.1, 0.15) is 0 Å². The zero-order chi connectivity index (χ0) is 16.8. The summed E-state index contributed by atoms with van der Waals surface area (Å²) in [7, 11) is 0. The lowest BCUT2D eigenvalue weighted by atomic mass is 10.2. The van der Waals surface area contributed by atoms with Gasteiger partial charge in [-0.2, -0.15) is 9.83 Å². The Kier molecular flexibility index (Phi) is 5.91. The molecule has 0 aliphatic rings.